The number of aromatic nitrogens is 1. The number of hydrogen-bond acceptors (Lipinski definition) is 4. The van der Waals surface area contributed by atoms with Gasteiger partial charge < -0.3 is 9.64 Å². The molecule has 1 saturated heterocycles. The van der Waals surface area contributed by atoms with Crippen molar-refractivity contribution in [3.8, 4) is 0 Å². The van der Waals surface area contributed by atoms with E-state index in [1.54, 1.807) is 28.4 Å². The lowest BCUT2D eigenvalue weighted by Gasteiger charge is -2.26. The van der Waals surface area contributed by atoms with Gasteiger partial charge in [-0.1, -0.05) is 0 Å². The lowest BCUT2D eigenvalue weighted by atomic mass is 10.0. The maximum atomic E-state index is 13.2. The summed E-state index contributed by atoms with van der Waals surface area (Å²) >= 11 is 1.55. The first-order valence-corrected chi connectivity index (χ1v) is 8.52. The lowest BCUT2D eigenvalue weighted by Crippen LogP contribution is -2.38. The second-order valence-electron chi connectivity index (χ2n) is 5.73. The molecule has 0 unspecified atom stereocenters. The van der Waals surface area contributed by atoms with Gasteiger partial charge in [0.2, 0.25) is 5.91 Å². The van der Waals surface area contributed by atoms with Crippen LogP contribution in [0.5, 0.6) is 0 Å². The fourth-order valence-electron chi connectivity index (χ4n) is 2.82. The molecule has 0 saturated carbocycles. The zero-order valence-electron chi connectivity index (χ0n) is 13.2. The van der Waals surface area contributed by atoms with Gasteiger partial charge in [0.1, 0.15) is 5.82 Å². The molecule has 23 heavy (non-hydrogen) atoms. The highest BCUT2D eigenvalue weighted by atomic mass is 32.1. The number of amides is 1. The minimum Gasteiger partial charge on any atom is -0.378 e. The Hall–Kier alpha value is -1.79. The molecule has 122 valence electrons. The Bertz CT molecular complexity index is 686. The van der Waals surface area contributed by atoms with Gasteiger partial charge in [0.05, 0.1) is 29.3 Å². The highest BCUT2D eigenvalue weighted by Crippen LogP contribution is 2.27. The molecule has 1 aromatic heterocycles. The van der Waals surface area contributed by atoms with Gasteiger partial charge >= 0.3 is 0 Å². The smallest absolute Gasteiger partial charge is 0.233 e. The second kappa shape index (κ2) is 6.76. The van der Waals surface area contributed by atoms with Crippen molar-refractivity contribution < 1.29 is 13.9 Å². The predicted molar refractivity (Wildman–Crippen MR) is 88.0 cm³/mol. The molecule has 1 aliphatic rings. The van der Waals surface area contributed by atoms with E-state index in [2.05, 4.69) is 4.98 Å². The zero-order valence-corrected chi connectivity index (χ0v) is 14.0. The first kappa shape index (κ1) is 16.1. The van der Waals surface area contributed by atoms with Gasteiger partial charge in [0, 0.05) is 17.7 Å². The summed E-state index contributed by atoms with van der Waals surface area (Å²) in [6.07, 6.45) is 0.621. The average molecular weight is 334 g/mol. The van der Waals surface area contributed by atoms with Crippen LogP contribution in [0.4, 0.5) is 10.1 Å². The Morgan fingerprint density at radius 3 is 2.74 bits per heavy atom. The SMILES string of the molecule is Cc1nc(CN(C(=O)[C@@H]2CCO[C@@H]2C)c2ccc(F)cc2)cs1. The third-order valence-electron chi connectivity index (χ3n) is 4.08. The number of benzene rings is 1. The Morgan fingerprint density at radius 1 is 1.43 bits per heavy atom. The van der Waals surface area contributed by atoms with Crippen LogP contribution in [0, 0.1) is 18.7 Å². The number of hydrogen-bond donors (Lipinski definition) is 0. The molecular formula is C17H19FN2O2S. The molecule has 6 heteroatoms. The molecule has 2 heterocycles. The average Bonchev–Trinajstić information content (AvgIpc) is 3.14. The van der Waals surface area contributed by atoms with Crippen LogP contribution in [-0.2, 0) is 16.1 Å². The Balaban J connectivity index is 1.88. The van der Waals surface area contributed by atoms with Crippen molar-refractivity contribution in [1.82, 2.24) is 4.98 Å². The topological polar surface area (TPSA) is 42.4 Å². The minimum absolute atomic E-state index is 0.00672. The van der Waals surface area contributed by atoms with Crippen LogP contribution in [0.1, 0.15) is 24.0 Å². The summed E-state index contributed by atoms with van der Waals surface area (Å²) in [6, 6.07) is 6.01. The van der Waals surface area contributed by atoms with Gasteiger partial charge in [0.15, 0.2) is 0 Å². The summed E-state index contributed by atoms with van der Waals surface area (Å²) < 4.78 is 18.7. The fraction of sp³-hybridized carbons (Fsp3) is 0.412. The highest BCUT2D eigenvalue weighted by molar-refractivity contribution is 7.09. The highest BCUT2D eigenvalue weighted by Gasteiger charge is 2.34. The maximum Gasteiger partial charge on any atom is 0.233 e. The zero-order chi connectivity index (χ0) is 16.4. The molecule has 1 aromatic carbocycles. The number of carbonyl (C=O) groups is 1. The van der Waals surface area contributed by atoms with Gasteiger partial charge in [-0.25, -0.2) is 9.37 Å². The molecular weight excluding hydrogens is 315 g/mol. The minimum atomic E-state index is -0.316. The van der Waals surface area contributed by atoms with Crippen molar-refractivity contribution in [3.05, 3.63) is 46.2 Å². The quantitative estimate of drug-likeness (QED) is 0.859. The summed E-state index contributed by atoms with van der Waals surface area (Å²) in [5, 5.41) is 2.91. The monoisotopic (exact) mass is 334 g/mol. The first-order valence-electron chi connectivity index (χ1n) is 7.64. The second-order valence-corrected chi connectivity index (χ2v) is 6.79. The number of carbonyl (C=O) groups excluding carboxylic acids is 1. The molecule has 0 aliphatic carbocycles. The molecule has 1 fully saturated rings. The van der Waals surface area contributed by atoms with Crippen LogP contribution in [0.3, 0.4) is 0 Å². The summed E-state index contributed by atoms with van der Waals surface area (Å²) in [5.41, 5.74) is 1.53. The fourth-order valence-corrected chi connectivity index (χ4v) is 3.42. The van der Waals surface area contributed by atoms with Gasteiger partial charge in [-0.05, 0) is 44.5 Å². The van der Waals surface area contributed by atoms with Crippen LogP contribution in [0.2, 0.25) is 0 Å². The van der Waals surface area contributed by atoms with Gasteiger partial charge in [0.25, 0.3) is 0 Å². The summed E-state index contributed by atoms with van der Waals surface area (Å²) in [4.78, 5) is 19.1. The lowest BCUT2D eigenvalue weighted by molar-refractivity contribution is -0.123. The maximum absolute atomic E-state index is 13.2. The molecule has 1 amide bonds. The van der Waals surface area contributed by atoms with E-state index in [1.165, 1.54) is 12.1 Å². The largest absolute Gasteiger partial charge is 0.378 e. The summed E-state index contributed by atoms with van der Waals surface area (Å²) in [5.74, 6) is -0.477. The third-order valence-corrected chi connectivity index (χ3v) is 4.91. The van der Waals surface area contributed by atoms with E-state index in [9.17, 15) is 9.18 Å². The third kappa shape index (κ3) is 3.59. The molecule has 2 aromatic rings. The van der Waals surface area contributed by atoms with Crippen molar-refractivity contribution in [1.29, 1.82) is 0 Å². The van der Waals surface area contributed by atoms with Crippen LogP contribution in [0.15, 0.2) is 29.6 Å². The number of nitrogens with zero attached hydrogens (tertiary/aromatic N) is 2. The van der Waals surface area contributed by atoms with Crippen LogP contribution in [0.25, 0.3) is 0 Å². The Labute approximate surface area is 138 Å². The molecule has 0 bridgehead atoms. The number of rotatable bonds is 4. The molecule has 0 N–H and O–H groups in total. The van der Waals surface area contributed by atoms with E-state index >= 15 is 0 Å². The number of anilines is 1. The predicted octanol–water partition coefficient (Wildman–Crippen LogP) is 3.55. The Kier molecular flexibility index (Phi) is 4.73. The van der Waals surface area contributed by atoms with Crippen LogP contribution >= 0.6 is 11.3 Å². The van der Waals surface area contributed by atoms with Gasteiger partial charge in [-0.2, -0.15) is 0 Å². The van der Waals surface area contributed by atoms with Crippen molar-refractivity contribution in [2.45, 2.75) is 32.9 Å². The first-order chi connectivity index (χ1) is 11.0. The number of halogens is 1. The molecule has 0 spiro atoms. The molecule has 1 aliphatic heterocycles. The van der Waals surface area contributed by atoms with Crippen molar-refractivity contribution in [2.24, 2.45) is 5.92 Å². The van der Waals surface area contributed by atoms with E-state index < -0.39 is 0 Å². The van der Waals surface area contributed by atoms with Crippen LogP contribution < -0.4 is 4.90 Å². The summed E-state index contributed by atoms with van der Waals surface area (Å²) in [6.45, 7) is 4.85. The van der Waals surface area contributed by atoms with Crippen molar-refractivity contribution in [3.63, 3.8) is 0 Å². The molecule has 4 nitrogen and oxygen atoms in total. The van der Waals surface area contributed by atoms with E-state index in [4.69, 9.17) is 4.74 Å². The van der Waals surface area contributed by atoms with Crippen molar-refractivity contribution >= 4 is 22.9 Å². The van der Waals surface area contributed by atoms with Crippen molar-refractivity contribution in [2.75, 3.05) is 11.5 Å². The van der Waals surface area contributed by atoms with E-state index in [-0.39, 0.29) is 23.7 Å². The number of aryl methyl sites for hydroxylation is 1. The normalized spacial score (nSPS) is 20.7. The van der Waals surface area contributed by atoms with E-state index in [1.807, 2.05) is 19.2 Å². The Morgan fingerprint density at radius 2 is 2.17 bits per heavy atom. The number of thiazole rings is 1. The van der Waals surface area contributed by atoms with Gasteiger partial charge in [-0.15, -0.1) is 11.3 Å². The van der Waals surface area contributed by atoms with Gasteiger partial charge in [-0.3, -0.25) is 4.79 Å². The molecule has 2 atom stereocenters. The molecule has 0 radical (unpaired) electrons. The standard InChI is InChI=1S/C17H19FN2O2S/c1-11-16(7-8-22-11)17(21)20(9-14-10-23-12(2)19-14)15-5-3-13(18)4-6-15/h3-6,10-11,16H,7-9H2,1-2H3/t11-,16-/m1/s1. The molecule has 3 rings (SSSR count). The van der Waals surface area contributed by atoms with E-state index in [0.29, 0.717) is 25.3 Å². The van der Waals surface area contributed by atoms with Crippen LogP contribution in [-0.4, -0.2) is 23.6 Å². The number of ether oxygens (including phenoxy) is 1. The van der Waals surface area contributed by atoms with E-state index in [0.717, 1.165) is 10.7 Å². The summed E-state index contributed by atoms with van der Waals surface area (Å²) in [7, 11) is 0.